The van der Waals surface area contributed by atoms with Crippen LogP contribution in [0.3, 0.4) is 0 Å². The molecular formula is C19H19F2NO3. The fourth-order valence-electron chi connectivity index (χ4n) is 3.03. The lowest BCUT2D eigenvalue weighted by atomic mass is 9.94. The Labute approximate surface area is 144 Å². The quantitative estimate of drug-likeness (QED) is 0.894. The summed E-state index contributed by atoms with van der Waals surface area (Å²) < 4.78 is 32.6. The van der Waals surface area contributed by atoms with Crippen molar-refractivity contribution < 1.29 is 23.4 Å². The van der Waals surface area contributed by atoms with E-state index in [9.17, 15) is 18.7 Å². The van der Waals surface area contributed by atoms with Crippen LogP contribution in [0.2, 0.25) is 0 Å². The predicted octanol–water partition coefficient (Wildman–Crippen LogP) is 2.85. The van der Waals surface area contributed by atoms with E-state index >= 15 is 0 Å². The van der Waals surface area contributed by atoms with E-state index in [2.05, 4.69) is 5.32 Å². The van der Waals surface area contributed by atoms with Gasteiger partial charge in [-0.1, -0.05) is 31.2 Å². The molecule has 0 saturated heterocycles. The van der Waals surface area contributed by atoms with Crippen molar-refractivity contribution in [2.24, 2.45) is 0 Å². The Hall–Kier alpha value is -2.47. The van der Waals surface area contributed by atoms with Crippen LogP contribution in [0.4, 0.5) is 8.78 Å². The van der Waals surface area contributed by atoms with Gasteiger partial charge in [0.25, 0.3) is 5.91 Å². The highest BCUT2D eigenvalue weighted by Gasteiger charge is 2.37. The molecule has 4 nitrogen and oxygen atoms in total. The number of fused-ring (bicyclic) bond motifs is 1. The second kappa shape index (κ2) is 6.44. The zero-order chi connectivity index (χ0) is 18.2. The van der Waals surface area contributed by atoms with Crippen LogP contribution in [0.1, 0.15) is 30.9 Å². The molecule has 2 aromatic rings. The molecule has 0 spiro atoms. The maximum Gasteiger partial charge on any atom is 0.261 e. The second-order valence-electron chi connectivity index (χ2n) is 6.48. The van der Waals surface area contributed by atoms with E-state index in [1.807, 2.05) is 25.1 Å². The number of rotatable bonds is 4. The van der Waals surface area contributed by atoms with Gasteiger partial charge in [0.15, 0.2) is 6.10 Å². The van der Waals surface area contributed by atoms with Crippen molar-refractivity contribution in [2.45, 2.75) is 31.5 Å². The van der Waals surface area contributed by atoms with Gasteiger partial charge in [0.1, 0.15) is 23.0 Å². The lowest BCUT2D eigenvalue weighted by molar-refractivity contribution is -0.129. The van der Waals surface area contributed by atoms with Crippen molar-refractivity contribution in [3.63, 3.8) is 0 Å². The van der Waals surface area contributed by atoms with Crippen LogP contribution in [-0.4, -0.2) is 23.7 Å². The van der Waals surface area contributed by atoms with Gasteiger partial charge in [-0.15, -0.1) is 0 Å². The molecule has 6 heteroatoms. The molecule has 3 atom stereocenters. The summed E-state index contributed by atoms with van der Waals surface area (Å²) in [5.74, 6) is -1.47. The lowest BCUT2D eigenvalue weighted by Gasteiger charge is -2.26. The first-order valence-corrected chi connectivity index (χ1v) is 8.01. The number of hydrogen-bond acceptors (Lipinski definition) is 3. The largest absolute Gasteiger partial charge is 0.480 e. The SMILES string of the molecule is CC1c2ccccc2OC1C(=O)NCC(C)(O)c1ccc(F)cc1F. The molecule has 1 amide bonds. The number of ether oxygens (including phenoxy) is 1. The number of para-hydroxylation sites is 1. The molecule has 2 aromatic carbocycles. The summed E-state index contributed by atoms with van der Waals surface area (Å²) in [5.41, 5.74) is -0.820. The maximum absolute atomic E-state index is 13.9. The number of nitrogens with one attached hydrogen (secondary N) is 1. The van der Waals surface area contributed by atoms with Crippen LogP contribution in [0.25, 0.3) is 0 Å². The zero-order valence-corrected chi connectivity index (χ0v) is 13.9. The van der Waals surface area contributed by atoms with Crippen LogP contribution in [0.15, 0.2) is 42.5 Å². The van der Waals surface area contributed by atoms with Gasteiger partial charge in [0.05, 0.1) is 6.54 Å². The van der Waals surface area contributed by atoms with Gasteiger partial charge in [-0.05, 0) is 19.1 Å². The maximum atomic E-state index is 13.9. The van der Waals surface area contributed by atoms with E-state index in [4.69, 9.17) is 4.74 Å². The topological polar surface area (TPSA) is 58.6 Å². The van der Waals surface area contributed by atoms with Crippen molar-refractivity contribution in [2.75, 3.05) is 6.54 Å². The highest BCUT2D eigenvalue weighted by molar-refractivity contribution is 5.83. The lowest BCUT2D eigenvalue weighted by Crippen LogP contribution is -2.45. The van der Waals surface area contributed by atoms with Crippen LogP contribution in [0, 0.1) is 11.6 Å². The number of halogens is 2. The second-order valence-corrected chi connectivity index (χ2v) is 6.48. The molecule has 0 fully saturated rings. The van der Waals surface area contributed by atoms with E-state index in [-0.39, 0.29) is 18.0 Å². The summed E-state index contributed by atoms with van der Waals surface area (Å²) in [4.78, 5) is 12.4. The van der Waals surface area contributed by atoms with E-state index in [0.717, 1.165) is 11.6 Å². The molecule has 0 saturated carbocycles. The zero-order valence-electron chi connectivity index (χ0n) is 13.9. The van der Waals surface area contributed by atoms with Gasteiger partial charge in [-0.3, -0.25) is 4.79 Å². The van der Waals surface area contributed by atoms with Gasteiger partial charge in [-0.25, -0.2) is 8.78 Å². The summed E-state index contributed by atoms with van der Waals surface area (Å²) in [6, 6.07) is 10.3. The average Bonchev–Trinajstić information content (AvgIpc) is 2.90. The van der Waals surface area contributed by atoms with E-state index in [1.54, 1.807) is 6.07 Å². The molecule has 1 aliphatic heterocycles. The molecule has 132 valence electrons. The summed E-state index contributed by atoms with van der Waals surface area (Å²) in [7, 11) is 0. The molecule has 3 rings (SSSR count). The van der Waals surface area contributed by atoms with Crippen molar-refractivity contribution in [3.8, 4) is 5.75 Å². The smallest absolute Gasteiger partial charge is 0.261 e. The van der Waals surface area contributed by atoms with Crippen LogP contribution in [-0.2, 0) is 10.4 Å². The number of benzene rings is 2. The Morgan fingerprint density at radius 2 is 2.00 bits per heavy atom. The van der Waals surface area contributed by atoms with E-state index < -0.39 is 29.2 Å². The Kier molecular flexibility index (Phi) is 4.47. The number of amides is 1. The van der Waals surface area contributed by atoms with E-state index in [0.29, 0.717) is 11.8 Å². The predicted molar refractivity (Wildman–Crippen MR) is 88.2 cm³/mol. The number of carbonyl (C=O) groups is 1. The number of hydrogen-bond donors (Lipinski definition) is 2. The standard InChI is InChI=1S/C19H19F2NO3/c1-11-13-5-3-4-6-16(13)25-17(11)18(23)22-10-19(2,24)14-8-7-12(20)9-15(14)21/h3-9,11,17,24H,10H2,1-2H3,(H,22,23). The highest BCUT2D eigenvalue weighted by atomic mass is 19.1. The molecule has 3 unspecified atom stereocenters. The third-order valence-corrected chi connectivity index (χ3v) is 4.49. The van der Waals surface area contributed by atoms with Crippen LogP contribution >= 0.6 is 0 Å². The van der Waals surface area contributed by atoms with Crippen molar-refractivity contribution >= 4 is 5.91 Å². The van der Waals surface area contributed by atoms with Gasteiger partial charge in [0.2, 0.25) is 0 Å². The van der Waals surface area contributed by atoms with Gasteiger partial charge < -0.3 is 15.2 Å². The molecule has 0 aliphatic carbocycles. The van der Waals surface area contributed by atoms with Crippen LogP contribution < -0.4 is 10.1 Å². The van der Waals surface area contributed by atoms with E-state index in [1.165, 1.54) is 13.0 Å². The third-order valence-electron chi connectivity index (χ3n) is 4.49. The molecule has 25 heavy (non-hydrogen) atoms. The first-order valence-electron chi connectivity index (χ1n) is 8.01. The molecular weight excluding hydrogens is 328 g/mol. The monoisotopic (exact) mass is 347 g/mol. The van der Waals surface area contributed by atoms with Gasteiger partial charge >= 0.3 is 0 Å². The Bertz CT molecular complexity index is 807. The van der Waals surface area contributed by atoms with Gasteiger partial charge in [0, 0.05) is 23.1 Å². The fraction of sp³-hybridized carbons (Fsp3) is 0.316. The number of carbonyl (C=O) groups excluding carboxylic acids is 1. The van der Waals surface area contributed by atoms with Crippen molar-refractivity contribution in [1.29, 1.82) is 0 Å². The molecule has 1 heterocycles. The number of aliphatic hydroxyl groups is 1. The summed E-state index contributed by atoms with van der Waals surface area (Å²) in [5, 5.41) is 13.1. The molecule has 1 aliphatic rings. The fourth-order valence-corrected chi connectivity index (χ4v) is 3.03. The minimum Gasteiger partial charge on any atom is -0.480 e. The summed E-state index contributed by atoms with van der Waals surface area (Å²) in [6.45, 7) is 3.02. The molecule has 0 bridgehead atoms. The Morgan fingerprint density at radius 3 is 2.68 bits per heavy atom. The minimum absolute atomic E-state index is 0.0853. The normalized spacial score (nSPS) is 21.2. The molecule has 0 radical (unpaired) electrons. The molecule has 0 aromatic heterocycles. The minimum atomic E-state index is -1.68. The van der Waals surface area contributed by atoms with Crippen molar-refractivity contribution in [3.05, 3.63) is 65.2 Å². The summed E-state index contributed by atoms with van der Waals surface area (Å²) in [6.07, 6.45) is -0.716. The van der Waals surface area contributed by atoms with Gasteiger partial charge in [-0.2, -0.15) is 0 Å². The summed E-state index contributed by atoms with van der Waals surface area (Å²) >= 11 is 0. The first-order chi connectivity index (χ1) is 11.8. The Morgan fingerprint density at radius 1 is 1.28 bits per heavy atom. The first kappa shape index (κ1) is 17.4. The Balaban J connectivity index is 1.68. The average molecular weight is 347 g/mol. The van der Waals surface area contributed by atoms with Crippen molar-refractivity contribution in [1.82, 2.24) is 5.32 Å². The van der Waals surface area contributed by atoms with Crippen LogP contribution in [0.5, 0.6) is 5.75 Å². The highest BCUT2D eigenvalue weighted by Crippen LogP contribution is 2.37. The molecule has 2 N–H and O–H groups in total. The third kappa shape index (κ3) is 3.35.